The second-order valence-corrected chi connectivity index (χ2v) is 6.04. The van der Waals surface area contributed by atoms with Crippen molar-refractivity contribution in [3.63, 3.8) is 0 Å². The van der Waals surface area contributed by atoms with E-state index >= 15 is 0 Å². The Labute approximate surface area is 123 Å². The van der Waals surface area contributed by atoms with E-state index in [9.17, 15) is 0 Å². The Morgan fingerprint density at radius 2 is 2.00 bits per heavy atom. The predicted octanol–water partition coefficient (Wildman–Crippen LogP) is 3.01. The molecule has 0 spiro atoms. The highest BCUT2D eigenvalue weighted by Gasteiger charge is 2.21. The summed E-state index contributed by atoms with van der Waals surface area (Å²) in [5.41, 5.74) is 7.83. The molecule has 20 heavy (non-hydrogen) atoms. The smallest absolute Gasteiger partial charge is 0.0555 e. The minimum absolute atomic E-state index is 0.421. The van der Waals surface area contributed by atoms with Gasteiger partial charge in [-0.2, -0.15) is 0 Å². The van der Waals surface area contributed by atoms with Crippen LogP contribution in [0.4, 0.5) is 0 Å². The van der Waals surface area contributed by atoms with Gasteiger partial charge in [0.25, 0.3) is 0 Å². The van der Waals surface area contributed by atoms with Crippen molar-refractivity contribution in [1.29, 1.82) is 0 Å². The first-order valence-corrected chi connectivity index (χ1v) is 7.67. The maximum Gasteiger partial charge on any atom is 0.0555 e. The van der Waals surface area contributed by atoms with Gasteiger partial charge in [-0.15, -0.1) is 0 Å². The quantitative estimate of drug-likeness (QED) is 0.856. The van der Waals surface area contributed by atoms with E-state index in [2.05, 4.69) is 55.0 Å². The van der Waals surface area contributed by atoms with Crippen LogP contribution in [0.2, 0.25) is 0 Å². The molecule has 0 aliphatic heterocycles. The van der Waals surface area contributed by atoms with Crippen LogP contribution in [0.1, 0.15) is 43.7 Å². The van der Waals surface area contributed by atoms with Gasteiger partial charge in [0.1, 0.15) is 0 Å². The lowest BCUT2D eigenvalue weighted by atomic mass is 9.86. The molecule has 0 radical (unpaired) electrons. The number of hydrogen-bond donors (Lipinski definition) is 1. The first-order chi connectivity index (χ1) is 9.69. The fraction of sp³-hybridized carbons (Fsp3) is 0.556. The number of rotatable bonds is 3. The third-order valence-corrected chi connectivity index (χ3v) is 4.30. The molecule has 2 N–H and O–H groups in total. The average molecular weight is 270 g/mol. The molecule has 1 saturated carbocycles. The van der Waals surface area contributed by atoms with Crippen LogP contribution in [-0.4, -0.2) is 24.5 Å². The van der Waals surface area contributed by atoms with Gasteiger partial charge in [0.2, 0.25) is 0 Å². The molecule has 0 unspecified atom stereocenters. The maximum absolute atomic E-state index is 5.42. The molecular weight excluding hydrogens is 244 g/mol. The molecular formula is C18H26N2. The molecule has 1 aliphatic rings. The van der Waals surface area contributed by atoms with Crippen LogP contribution in [0.5, 0.6) is 0 Å². The fourth-order valence-electron chi connectivity index (χ4n) is 3.00. The summed E-state index contributed by atoms with van der Waals surface area (Å²) in [4.78, 5) is 2.50. The molecule has 0 saturated heterocycles. The standard InChI is InChI=1S/C18H26N2/c1-15-8-10-18(11-9-15)20(2)14-17-6-3-5-16(13-17)7-4-12-19/h3,5-6,13,15,18H,8-12,14,19H2,1-2H3. The number of nitrogens with zero attached hydrogens (tertiary/aromatic N) is 1. The molecule has 108 valence electrons. The second-order valence-electron chi connectivity index (χ2n) is 6.04. The molecule has 0 atom stereocenters. The molecule has 2 heteroatoms. The summed E-state index contributed by atoms with van der Waals surface area (Å²) in [6, 6.07) is 9.26. The van der Waals surface area contributed by atoms with E-state index in [1.807, 2.05) is 0 Å². The summed E-state index contributed by atoms with van der Waals surface area (Å²) >= 11 is 0. The summed E-state index contributed by atoms with van der Waals surface area (Å²) in [6.07, 6.45) is 5.42. The summed E-state index contributed by atoms with van der Waals surface area (Å²) in [5, 5.41) is 0. The van der Waals surface area contributed by atoms with Crippen LogP contribution in [0.15, 0.2) is 24.3 Å². The highest BCUT2D eigenvalue weighted by molar-refractivity contribution is 5.37. The molecule has 2 nitrogen and oxygen atoms in total. The van der Waals surface area contributed by atoms with E-state index < -0.39 is 0 Å². The minimum Gasteiger partial charge on any atom is -0.320 e. The Balaban J connectivity index is 1.95. The van der Waals surface area contributed by atoms with Crippen molar-refractivity contribution in [2.24, 2.45) is 11.7 Å². The molecule has 1 aromatic carbocycles. The molecule has 0 heterocycles. The number of nitrogens with two attached hydrogens (primary N) is 1. The Kier molecular flexibility index (Phi) is 5.64. The highest BCUT2D eigenvalue weighted by Crippen LogP contribution is 2.27. The van der Waals surface area contributed by atoms with Crippen molar-refractivity contribution in [3.8, 4) is 11.8 Å². The van der Waals surface area contributed by atoms with E-state index in [4.69, 9.17) is 5.73 Å². The third kappa shape index (κ3) is 4.37. The summed E-state index contributed by atoms with van der Waals surface area (Å²) < 4.78 is 0. The van der Waals surface area contributed by atoms with Crippen LogP contribution in [0, 0.1) is 17.8 Å². The van der Waals surface area contributed by atoms with Crippen molar-refractivity contribution in [2.75, 3.05) is 13.6 Å². The molecule has 1 aromatic rings. The summed E-state index contributed by atoms with van der Waals surface area (Å²) in [5.74, 6) is 6.94. The Morgan fingerprint density at radius 3 is 2.70 bits per heavy atom. The van der Waals surface area contributed by atoms with Gasteiger partial charge in [0.15, 0.2) is 0 Å². The number of hydrogen-bond acceptors (Lipinski definition) is 2. The van der Waals surface area contributed by atoms with E-state index in [0.717, 1.165) is 24.1 Å². The van der Waals surface area contributed by atoms with Crippen LogP contribution >= 0.6 is 0 Å². The zero-order valence-corrected chi connectivity index (χ0v) is 12.7. The Morgan fingerprint density at radius 1 is 1.25 bits per heavy atom. The van der Waals surface area contributed by atoms with E-state index in [0.29, 0.717) is 6.54 Å². The van der Waals surface area contributed by atoms with Gasteiger partial charge in [0.05, 0.1) is 6.54 Å². The van der Waals surface area contributed by atoms with Gasteiger partial charge in [-0.05, 0) is 56.3 Å². The number of benzene rings is 1. The molecule has 1 fully saturated rings. The molecule has 1 aliphatic carbocycles. The Bertz CT molecular complexity index is 476. The molecule has 0 bridgehead atoms. The maximum atomic E-state index is 5.42. The molecule has 0 amide bonds. The third-order valence-electron chi connectivity index (χ3n) is 4.30. The van der Waals surface area contributed by atoms with Gasteiger partial charge in [-0.25, -0.2) is 0 Å². The van der Waals surface area contributed by atoms with Crippen LogP contribution in [0.25, 0.3) is 0 Å². The monoisotopic (exact) mass is 270 g/mol. The normalized spacial score (nSPS) is 22.4. The van der Waals surface area contributed by atoms with E-state index in [1.165, 1.54) is 31.2 Å². The topological polar surface area (TPSA) is 29.3 Å². The second kappa shape index (κ2) is 7.47. The fourth-order valence-corrected chi connectivity index (χ4v) is 3.00. The van der Waals surface area contributed by atoms with Gasteiger partial charge >= 0.3 is 0 Å². The lowest BCUT2D eigenvalue weighted by Crippen LogP contribution is -2.34. The van der Waals surface area contributed by atoms with Gasteiger partial charge in [-0.3, -0.25) is 4.90 Å². The Hall–Kier alpha value is -1.30. The van der Waals surface area contributed by atoms with Crippen molar-refractivity contribution in [2.45, 2.75) is 45.2 Å². The van der Waals surface area contributed by atoms with Crippen molar-refractivity contribution >= 4 is 0 Å². The first-order valence-electron chi connectivity index (χ1n) is 7.67. The van der Waals surface area contributed by atoms with E-state index in [1.54, 1.807) is 0 Å². The molecule has 0 aromatic heterocycles. The van der Waals surface area contributed by atoms with Crippen molar-refractivity contribution < 1.29 is 0 Å². The van der Waals surface area contributed by atoms with Gasteiger partial charge in [-0.1, -0.05) is 30.9 Å². The predicted molar refractivity (Wildman–Crippen MR) is 85.3 cm³/mol. The average Bonchev–Trinajstić information content (AvgIpc) is 2.46. The SMILES string of the molecule is CC1CCC(N(C)Cc2cccc(C#CCN)c2)CC1. The van der Waals surface area contributed by atoms with Crippen LogP contribution in [0.3, 0.4) is 0 Å². The molecule has 2 rings (SSSR count). The zero-order valence-electron chi connectivity index (χ0n) is 12.7. The van der Waals surface area contributed by atoms with Gasteiger partial charge in [0, 0.05) is 18.2 Å². The highest BCUT2D eigenvalue weighted by atomic mass is 15.1. The summed E-state index contributed by atoms with van der Waals surface area (Å²) in [7, 11) is 2.25. The lowest BCUT2D eigenvalue weighted by molar-refractivity contribution is 0.164. The summed E-state index contributed by atoms with van der Waals surface area (Å²) in [6.45, 7) is 3.80. The first kappa shape index (κ1) is 15.1. The lowest BCUT2D eigenvalue weighted by Gasteiger charge is -2.33. The van der Waals surface area contributed by atoms with Crippen molar-refractivity contribution in [3.05, 3.63) is 35.4 Å². The van der Waals surface area contributed by atoms with E-state index in [-0.39, 0.29) is 0 Å². The van der Waals surface area contributed by atoms with Crippen LogP contribution < -0.4 is 5.73 Å². The largest absolute Gasteiger partial charge is 0.320 e. The van der Waals surface area contributed by atoms with Crippen molar-refractivity contribution in [1.82, 2.24) is 4.90 Å². The minimum atomic E-state index is 0.421. The zero-order chi connectivity index (χ0) is 14.4. The van der Waals surface area contributed by atoms with Crippen LogP contribution in [-0.2, 0) is 6.54 Å². The van der Waals surface area contributed by atoms with Gasteiger partial charge < -0.3 is 5.73 Å².